The number of ketones is 3. The first kappa shape index (κ1) is 96.1. The molecule has 0 spiro atoms. The van der Waals surface area contributed by atoms with E-state index in [0.717, 1.165) is 55.4 Å². The SMILES string of the molecule is CO[C@H]1C[C@@H]2CC[C@@H](C)[C@@](O)(O2)C(=O)C(=O)N2CCCC[C@H]2C(=O)O[C@H]([C@H](C)C[C@@H]2CC[C@@H](OCCCCc3cn(CCOCCOCCOCCOCCOCCOCCC(=O)N4CCC(Cn5nc(-c6ccc7oc(N)nc7c6)c6c(N)ncnc65)C4)nn3)[C@H](OC)C2)CC(=O)[C@H](C)/C=C(\C)[C@@H](O)[C@@H](OC)C(=O)[C@H](C)C[C@H](C)/C=C/C=C/C=C/1C. The number of methoxy groups -OCH3 is 3. The summed E-state index contributed by atoms with van der Waals surface area (Å²) < 4.78 is 80.0. The third kappa shape index (κ3) is 27.4. The molecule has 3 saturated heterocycles. The number of allylic oxidation sites excluding steroid dienone is 6. The predicted molar refractivity (Wildman–Crippen MR) is 453 cm³/mol. The Bertz CT molecular complexity index is 4300. The zero-order chi connectivity index (χ0) is 87.2. The normalized spacial score (nSPS) is 28.4. The number of rotatable bonds is 36. The number of carbonyl (C=O) groups is 6. The van der Waals surface area contributed by atoms with Gasteiger partial charge in [0.1, 0.15) is 53.5 Å². The summed E-state index contributed by atoms with van der Waals surface area (Å²) >= 11 is 0. The van der Waals surface area contributed by atoms with Crippen LogP contribution in [0, 0.1) is 41.4 Å². The minimum atomic E-state index is -2.46. The van der Waals surface area contributed by atoms with Crippen LogP contribution in [-0.2, 0) is 105 Å². The fourth-order valence-corrected chi connectivity index (χ4v) is 17.1. The average molecular weight is 1710 g/mol. The Labute approximate surface area is 715 Å². The first-order valence-electron chi connectivity index (χ1n) is 43.7. The number of hydrogen-bond donors (Lipinski definition) is 4. The number of ether oxygens (including phenoxy) is 12. The van der Waals surface area contributed by atoms with Crippen LogP contribution in [0.25, 0.3) is 33.4 Å². The largest absolute Gasteiger partial charge is 0.460 e. The van der Waals surface area contributed by atoms with Crippen LogP contribution in [0.3, 0.4) is 0 Å². The van der Waals surface area contributed by atoms with Crippen molar-refractivity contribution in [2.75, 3.05) is 138 Å². The maximum atomic E-state index is 14.8. The second-order valence-corrected chi connectivity index (χ2v) is 33.5. The highest BCUT2D eigenvalue weighted by molar-refractivity contribution is 6.39. The van der Waals surface area contributed by atoms with Crippen molar-refractivity contribution in [2.24, 2.45) is 41.4 Å². The standard InChI is InChI=1S/C89H132N12O21/c1-57-18-12-11-13-19-58(2)74(110-8)51-68-25-22-63(7)89(109,122-68)83(106)86(107)100-30-16-14-21-70(100)87(108)120-75(52-71(102)59(3)47-62(6)81(105)82(112-10)80(104)61(5)46-57)60(4)48-64-23-26-73(76(49-64)111-9)119-33-17-15-20-67-55-99(97-95-67)32-35-114-37-39-116-41-43-118-45-44-117-42-40-115-38-36-113-34-29-77(103)98-31-28-65(53-98)54-101-85-78(84(90)92-56-93-85)79(96-101)66-24-27-72-69(50-66)94-88(91)121-72/h11-13,18-19,24,27,47,50,55-57,59-61,63-65,68,70,73-76,81-82,105,109H,14-17,20-23,25-26,28-46,48-49,51-54H2,1-10H3,(H2,91,94)(H2,90,92,93)/b13-11+,18-12+,58-19+,62-47+/t57-,59-,60-,61-,63-,64+,65?,68+,70+,73-,74+,75+,76-,81-,82+,89-/m1/s1. The molecule has 2 bridgehead atoms. The number of aliphatic hydroxyl groups excluding tert-OH is 1. The monoisotopic (exact) mass is 1700 g/mol. The van der Waals surface area contributed by atoms with Gasteiger partial charge in [0.25, 0.3) is 17.7 Å². The van der Waals surface area contributed by atoms with Crippen molar-refractivity contribution in [1.29, 1.82) is 0 Å². The Morgan fingerprint density at radius 1 is 0.746 bits per heavy atom. The lowest BCUT2D eigenvalue weighted by atomic mass is 9.78. The number of benzene rings is 1. The molecule has 16 atom stereocenters. The highest BCUT2D eigenvalue weighted by Crippen LogP contribution is 2.40. The van der Waals surface area contributed by atoms with Gasteiger partial charge in [-0.2, -0.15) is 10.1 Å². The van der Waals surface area contributed by atoms with Gasteiger partial charge in [-0.05, 0) is 157 Å². The minimum Gasteiger partial charge on any atom is -0.460 e. The number of aryl methyl sites for hydroxylation is 1. The Morgan fingerprint density at radius 3 is 2.18 bits per heavy atom. The third-order valence-corrected chi connectivity index (χ3v) is 24.3. The molecule has 33 heteroatoms. The van der Waals surface area contributed by atoms with E-state index in [1.54, 1.807) is 51.8 Å². The zero-order valence-electron chi connectivity index (χ0n) is 73.0. The van der Waals surface area contributed by atoms with Crippen molar-refractivity contribution in [3.8, 4) is 11.3 Å². The number of unbranched alkanes of at least 4 members (excludes halogenated alkanes) is 1. The first-order chi connectivity index (χ1) is 58.9. The van der Waals surface area contributed by atoms with Crippen molar-refractivity contribution in [2.45, 2.75) is 225 Å². The molecule has 2 amide bonds. The number of nitrogens with zero attached hydrogens (tertiary/aromatic N) is 10. The van der Waals surface area contributed by atoms with Gasteiger partial charge in [-0.1, -0.05) is 76.3 Å². The third-order valence-electron chi connectivity index (χ3n) is 24.3. The lowest BCUT2D eigenvalue weighted by molar-refractivity contribution is -0.265. The zero-order valence-corrected chi connectivity index (χ0v) is 73.0. The lowest BCUT2D eigenvalue weighted by Gasteiger charge is -2.42. The van der Waals surface area contributed by atoms with Gasteiger partial charge in [0.2, 0.25) is 11.7 Å². The van der Waals surface area contributed by atoms with E-state index in [4.69, 9.17) is 77.8 Å². The number of fused-ring (bicyclic) bond motifs is 5. The fraction of sp³-hybridized carbons (Fsp3) is 0.685. The number of likely N-dealkylation sites (tertiary alicyclic amines) is 1. The number of nitrogen functional groups attached to an aromatic ring is 2. The summed E-state index contributed by atoms with van der Waals surface area (Å²) in [5.41, 5.74) is 17.5. The number of esters is 1. The van der Waals surface area contributed by atoms with Gasteiger partial charge in [-0.15, -0.1) is 5.10 Å². The van der Waals surface area contributed by atoms with E-state index in [1.807, 2.05) is 86.0 Å². The summed E-state index contributed by atoms with van der Waals surface area (Å²) in [6, 6.07) is 4.43. The molecule has 4 fully saturated rings. The van der Waals surface area contributed by atoms with Gasteiger partial charge in [0.05, 0.1) is 128 Å². The smallest absolute Gasteiger partial charge is 0.329 e. The van der Waals surface area contributed by atoms with Crippen LogP contribution in [0.1, 0.15) is 157 Å². The Hall–Kier alpha value is -8.16. The van der Waals surface area contributed by atoms with Crippen LogP contribution >= 0.6 is 0 Å². The second-order valence-electron chi connectivity index (χ2n) is 33.5. The van der Waals surface area contributed by atoms with Gasteiger partial charge in [-0.25, -0.2) is 24.1 Å². The highest BCUT2D eigenvalue weighted by Gasteiger charge is 2.53. The van der Waals surface area contributed by atoms with Gasteiger partial charge in [-0.3, -0.25) is 24.0 Å². The first-order valence-corrected chi connectivity index (χ1v) is 43.7. The molecule has 1 saturated carbocycles. The summed E-state index contributed by atoms with van der Waals surface area (Å²) in [5.74, 6) is -7.64. The molecule has 0 radical (unpaired) electrons. The molecule has 6 N–H and O–H groups in total. The number of nitrogens with two attached hydrogens (primary N) is 2. The van der Waals surface area contributed by atoms with Crippen LogP contribution in [0.15, 0.2) is 82.7 Å². The molecule has 33 nitrogen and oxygen atoms in total. The van der Waals surface area contributed by atoms with E-state index in [0.29, 0.717) is 203 Å². The van der Waals surface area contributed by atoms with E-state index in [1.165, 1.54) is 18.3 Å². The number of aliphatic hydroxyl groups is 2. The predicted octanol–water partition coefficient (Wildman–Crippen LogP) is 8.97. The van der Waals surface area contributed by atoms with Gasteiger partial charge < -0.3 is 92.7 Å². The molecule has 674 valence electrons. The molecule has 1 aliphatic carbocycles. The molecule has 1 unspecified atom stereocenters. The lowest BCUT2D eigenvalue weighted by Crippen LogP contribution is -2.61. The number of aromatic nitrogens is 8. The molecule has 10 rings (SSSR count). The highest BCUT2D eigenvalue weighted by atomic mass is 16.6. The molecule has 5 aliphatic rings. The second kappa shape index (κ2) is 48.4. The Kier molecular flexibility index (Phi) is 38.1. The van der Waals surface area contributed by atoms with E-state index in [9.17, 15) is 39.0 Å². The molecule has 4 aliphatic heterocycles. The summed E-state index contributed by atoms with van der Waals surface area (Å²) in [6.45, 7) is 20.5. The fourth-order valence-electron chi connectivity index (χ4n) is 17.1. The van der Waals surface area contributed by atoms with Gasteiger partial charge >= 0.3 is 5.97 Å². The summed E-state index contributed by atoms with van der Waals surface area (Å²) in [5, 5.41) is 38.1. The molecular formula is C89H132N12O21. The number of anilines is 2. The van der Waals surface area contributed by atoms with Crippen molar-refractivity contribution in [3.05, 3.63) is 84.0 Å². The van der Waals surface area contributed by atoms with Gasteiger partial charge in [0.15, 0.2) is 17.0 Å². The van der Waals surface area contributed by atoms with E-state index >= 15 is 0 Å². The molecule has 122 heavy (non-hydrogen) atoms. The molecule has 4 aromatic heterocycles. The minimum absolute atomic E-state index is 0.00480. The molecule has 1 aromatic carbocycles. The van der Waals surface area contributed by atoms with E-state index in [-0.39, 0.29) is 85.2 Å². The van der Waals surface area contributed by atoms with Crippen LogP contribution in [0.2, 0.25) is 0 Å². The molecular weight excluding hydrogens is 1570 g/mol. The number of Topliss-reactive ketones (excluding diaryl/α,β-unsaturated/α-hetero) is 3. The maximum absolute atomic E-state index is 14.8. The van der Waals surface area contributed by atoms with E-state index in [2.05, 4.69) is 25.3 Å². The van der Waals surface area contributed by atoms with Crippen molar-refractivity contribution in [1.82, 2.24) is 49.5 Å². The van der Waals surface area contributed by atoms with Gasteiger partial charge in [0, 0.05) is 96.5 Å². The summed E-state index contributed by atoms with van der Waals surface area (Å²) in [7, 11) is 4.65. The quantitative estimate of drug-likeness (QED) is 0.0126. The van der Waals surface area contributed by atoms with Crippen LogP contribution in [-0.4, -0.2) is 276 Å². The number of hydrogen-bond acceptors (Lipinski definition) is 29. The van der Waals surface area contributed by atoms with Crippen molar-refractivity contribution in [3.63, 3.8) is 0 Å². The Morgan fingerprint density at radius 2 is 1.47 bits per heavy atom. The molecule has 8 heterocycles. The summed E-state index contributed by atoms with van der Waals surface area (Å²) in [6.07, 6.45) is 18.7. The van der Waals surface area contributed by atoms with Crippen LogP contribution in [0.5, 0.6) is 0 Å². The van der Waals surface area contributed by atoms with Crippen molar-refractivity contribution < 1.29 is 100 Å². The number of oxazole rings is 1. The van der Waals surface area contributed by atoms with Crippen LogP contribution in [0.4, 0.5) is 11.8 Å². The molecule has 5 aromatic rings. The Balaban J connectivity index is 0.579. The number of cyclic esters (lactones) is 1. The number of piperidine rings is 1. The number of carbonyl (C=O) groups excluding carboxylic acids is 6. The maximum Gasteiger partial charge on any atom is 0.329 e. The number of amides is 2. The average Bonchev–Trinajstić information content (AvgIpc) is 1.59. The van der Waals surface area contributed by atoms with Crippen LogP contribution < -0.4 is 11.5 Å². The summed E-state index contributed by atoms with van der Waals surface area (Å²) in [4.78, 5) is 101. The van der Waals surface area contributed by atoms with Crippen molar-refractivity contribution >= 4 is 69.1 Å². The van der Waals surface area contributed by atoms with E-state index < -0.39 is 77.8 Å². The topological polar surface area (TPSA) is 412 Å².